The summed E-state index contributed by atoms with van der Waals surface area (Å²) in [4.78, 5) is 0. The summed E-state index contributed by atoms with van der Waals surface area (Å²) in [5, 5.41) is 0. The lowest BCUT2D eigenvalue weighted by Gasteiger charge is -2.38. The van der Waals surface area contributed by atoms with Crippen molar-refractivity contribution in [1.82, 2.24) is 0 Å². The van der Waals surface area contributed by atoms with Gasteiger partial charge in [-0.05, 0) is 52.5 Å². The fourth-order valence-corrected chi connectivity index (χ4v) is 9.38. The topological polar surface area (TPSA) is 35.2 Å². The minimum Gasteiger partial charge on any atom is -0.488 e. The van der Waals surface area contributed by atoms with Crippen LogP contribution in [0.15, 0.2) is 42.5 Å². The second-order valence-corrected chi connectivity index (χ2v) is 13.9. The van der Waals surface area contributed by atoms with Crippen LogP contribution >= 0.6 is 0 Å². The second kappa shape index (κ2) is 9.30. The van der Waals surface area contributed by atoms with Crippen LogP contribution in [0.1, 0.15) is 52.7 Å². The molecule has 2 aromatic rings. The van der Waals surface area contributed by atoms with Gasteiger partial charge in [0.1, 0.15) is 26.2 Å². The molecule has 0 aliphatic rings. The summed E-state index contributed by atoms with van der Waals surface area (Å²) in [5.74, 6) is 3.84. The molecule has 2 rings (SSSR count). The number of halogens is 1. The smallest absolute Gasteiger partial charge is 0.146 e. The Morgan fingerprint density at radius 3 is 2.18 bits per heavy atom. The zero-order valence-corrected chi connectivity index (χ0v) is 18.8. The first-order valence-electron chi connectivity index (χ1n) is 9.96. The molecule has 2 aromatic carbocycles. The van der Waals surface area contributed by atoms with Crippen molar-refractivity contribution in [1.29, 1.82) is 0 Å². The molecule has 2 nitrogen and oxygen atoms in total. The molecule has 0 aliphatic carbocycles. The van der Waals surface area contributed by atoms with Crippen molar-refractivity contribution in [2.75, 3.05) is 5.73 Å². The Morgan fingerprint density at radius 2 is 1.61 bits per heavy atom. The Hall–Kier alpha value is -2.25. The van der Waals surface area contributed by atoms with Gasteiger partial charge in [0.2, 0.25) is 0 Å². The first-order valence-corrected chi connectivity index (χ1v) is 12.2. The third-order valence-corrected chi connectivity index (χ3v) is 11.9. The van der Waals surface area contributed by atoms with Gasteiger partial charge in [-0.1, -0.05) is 59.6 Å². The van der Waals surface area contributed by atoms with E-state index in [1.54, 1.807) is 6.07 Å². The van der Waals surface area contributed by atoms with Gasteiger partial charge in [0, 0.05) is 5.69 Å². The van der Waals surface area contributed by atoms with Gasteiger partial charge >= 0.3 is 0 Å². The molecule has 150 valence electrons. The Labute approximate surface area is 170 Å². The van der Waals surface area contributed by atoms with E-state index < -0.39 is 8.07 Å². The number of hydrogen-bond donors (Lipinski definition) is 1. The summed E-state index contributed by atoms with van der Waals surface area (Å²) in [5.41, 5.74) is 13.6. The van der Waals surface area contributed by atoms with Gasteiger partial charge in [0.15, 0.2) is 0 Å². The molecule has 4 heteroatoms. The average molecular weight is 398 g/mol. The summed E-state index contributed by atoms with van der Waals surface area (Å²) in [6, 6.07) is 12.0. The highest BCUT2D eigenvalue weighted by molar-refractivity contribution is 6.90. The SMILES string of the molecule is CC(C)[Si](C#Cc1cc(N)ccc1OCc1cccc(F)c1)(C(C)C)C(C)C. The number of ether oxygens (including phenoxy) is 1. The van der Waals surface area contributed by atoms with Crippen molar-refractivity contribution >= 4 is 13.8 Å². The number of rotatable bonds is 6. The summed E-state index contributed by atoms with van der Waals surface area (Å²) in [6.45, 7) is 14.0. The van der Waals surface area contributed by atoms with Crippen LogP contribution in [-0.4, -0.2) is 8.07 Å². The molecule has 0 aromatic heterocycles. The van der Waals surface area contributed by atoms with E-state index >= 15 is 0 Å². The van der Waals surface area contributed by atoms with Crippen LogP contribution in [0.2, 0.25) is 16.6 Å². The first kappa shape index (κ1) is 22.0. The van der Waals surface area contributed by atoms with Gasteiger partial charge in [-0.15, -0.1) is 5.54 Å². The number of nitrogen functional groups attached to an aromatic ring is 1. The van der Waals surface area contributed by atoms with Crippen LogP contribution in [0.4, 0.5) is 10.1 Å². The molecule has 0 saturated carbocycles. The van der Waals surface area contributed by atoms with Gasteiger partial charge in [0.05, 0.1) is 5.56 Å². The lowest BCUT2D eigenvalue weighted by molar-refractivity contribution is 0.305. The standard InChI is InChI=1S/C24H32FNOSi/c1-17(2)28(18(3)4,19(5)6)13-12-21-15-23(26)10-11-24(21)27-16-20-8-7-9-22(25)14-20/h7-11,14-15,17-19H,16,26H2,1-6H3. The van der Waals surface area contributed by atoms with E-state index in [1.165, 1.54) is 12.1 Å². The third kappa shape index (κ3) is 4.96. The monoisotopic (exact) mass is 397 g/mol. The molecule has 0 spiro atoms. The van der Waals surface area contributed by atoms with E-state index in [4.69, 9.17) is 10.5 Å². The van der Waals surface area contributed by atoms with Crippen molar-refractivity contribution < 1.29 is 9.13 Å². The van der Waals surface area contributed by atoms with E-state index in [0.29, 0.717) is 28.1 Å². The van der Waals surface area contributed by atoms with Crippen molar-refractivity contribution in [3.05, 3.63) is 59.4 Å². The predicted octanol–water partition coefficient (Wildman–Crippen LogP) is 6.56. The van der Waals surface area contributed by atoms with Crippen molar-refractivity contribution in [2.24, 2.45) is 0 Å². The summed E-state index contributed by atoms with van der Waals surface area (Å²) < 4.78 is 19.4. The van der Waals surface area contributed by atoms with Crippen LogP contribution in [0.5, 0.6) is 5.75 Å². The minimum atomic E-state index is -1.85. The largest absolute Gasteiger partial charge is 0.488 e. The number of anilines is 1. The van der Waals surface area contributed by atoms with Gasteiger partial charge in [0.25, 0.3) is 0 Å². The molecule has 2 N–H and O–H groups in total. The Kier molecular flexibility index (Phi) is 7.32. The Bertz CT molecular complexity index is 843. The molecular formula is C24H32FNOSi. The number of benzene rings is 2. The van der Waals surface area contributed by atoms with Gasteiger partial charge < -0.3 is 10.5 Å². The minimum absolute atomic E-state index is 0.264. The maximum Gasteiger partial charge on any atom is 0.146 e. The number of nitrogens with two attached hydrogens (primary N) is 1. The lowest BCUT2D eigenvalue weighted by Crippen LogP contribution is -2.43. The zero-order chi connectivity index (χ0) is 20.9. The molecule has 0 saturated heterocycles. The number of hydrogen-bond acceptors (Lipinski definition) is 2. The second-order valence-electron chi connectivity index (χ2n) is 8.32. The van der Waals surface area contributed by atoms with E-state index in [2.05, 4.69) is 53.0 Å². The molecule has 0 bridgehead atoms. The molecule has 0 unspecified atom stereocenters. The van der Waals surface area contributed by atoms with Crippen LogP contribution in [0.25, 0.3) is 0 Å². The maximum absolute atomic E-state index is 13.4. The average Bonchev–Trinajstić information content (AvgIpc) is 2.60. The molecule has 0 aliphatic heterocycles. The van der Waals surface area contributed by atoms with Crippen LogP contribution in [0, 0.1) is 17.3 Å². The predicted molar refractivity (Wildman–Crippen MR) is 120 cm³/mol. The van der Waals surface area contributed by atoms with E-state index in [1.807, 2.05) is 24.3 Å². The Balaban J connectivity index is 2.38. The molecule has 28 heavy (non-hydrogen) atoms. The third-order valence-electron chi connectivity index (χ3n) is 5.57. The fraction of sp³-hybridized carbons (Fsp3) is 0.417. The first-order chi connectivity index (χ1) is 13.2. The van der Waals surface area contributed by atoms with Gasteiger partial charge in [-0.2, -0.15) is 0 Å². The zero-order valence-electron chi connectivity index (χ0n) is 17.8. The molecule has 0 amide bonds. The maximum atomic E-state index is 13.4. The summed E-state index contributed by atoms with van der Waals surface area (Å²) >= 11 is 0. The lowest BCUT2D eigenvalue weighted by atomic mass is 10.2. The van der Waals surface area contributed by atoms with Crippen LogP contribution in [-0.2, 0) is 6.61 Å². The van der Waals surface area contributed by atoms with Crippen LogP contribution < -0.4 is 10.5 Å². The summed E-state index contributed by atoms with van der Waals surface area (Å²) in [7, 11) is -1.85. The van der Waals surface area contributed by atoms with Crippen LogP contribution in [0.3, 0.4) is 0 Å². The van der Waals surface area contributed by atoms with E-state index in [9.17, 15) is 4.39 Å². The van der Waals surface area contributed by atoms with Gasteiger partial charge in [-0.3, -0.25) is 0 Å². The molecule has 0 fully saturated rings. The molecule has 0 radical (unpaired) electrons. The Morgan fingerprint density at radius 1 is 0.964 bits per heavy atom. The van der Waals surface area contributed by atoms with Crippen molar-refractivity contribution in [3.63, 3.8) is 0 Å². The highest BCUT2D eigenvalue weighted by Crippen LogP contribution is 2.41. The normalized spacial score (nSPS) is 11.6. The highest BCUT2D eigenvalue weighted by Gasteiger charge is 2.41. The highest BCUT2D eigenvalue weighted by atomic mass is 28.3. The van der Waals surface area contributed by atoms with Crippen molar-refractivity contribution in [2.45, 2.75) is 64.8 Å². The molecular weight excluding hydrogens is 365 g/mol. The summed E-state index contributed by atoms with van der Waals surface area (Å²) in [6.07, 6.45) is 0. The van der Waals surface area contributed by atoms with E-state index in [-0.39, 0.29) is 12.4 Å². The van der Waals surface area contributed by atoms with Crippen molar-refractivity contribution in [3.8, 4) is 17.2 Å². The fourth-order valence-electron chi connectivity index (χ4n) is 4.17. The molecule has 0 heterocycles. The quantitative estimate of drug-likeness (QED) is 0.340. The molecule has 0 atom stereocenters. The van der Waals surface area contributed by atoms with Gasteiger partial charge in [-0.25, -0.2) is 4.39 Å². The van der Waals surface area contributed by atoms with E-state index in [0.717, 1.165) is 11.1 Å².